The van der Waals surface area contributed by atoms with Crippen molar-refractivity contribution in [3.63, 3.8) is 0 Å². The lowest BCUT2D eigenvalue weighted by Crippen LogP contribution is -2.36. The highest BCUT2D eigenvalue weighted by Crippen LogP contribution is 2.38. The van der Waals surface area contributed by atoms with Crippen LogP contribution in [0.2, 0.25) is 0 Å². The van der Waals surface area contributed by atoms with Crippen LogP contribution >= 0.6 is 11.8 Å². The van der Waals surface area contributed by atoms with Crippen molar-refractivity contribution in [2.24, 2.45) is 5.73 Å². The Morgan fingerprint density at radius 1 is 1.44 bits per heavy atom. The van der Waals surface area contributed by atoms with E-state index in [1.54, 1.807) is 11.8 Å². The SMILES string of the molecule is CCN1C(=O)CSc2ccc(C(C)(C)CN)cc21. The van der Waals surface area contributed by atoms with Crippen molar-refractivity contribution in [3.8, 4) is 0 Å². The van der Waals surface area contributed by atoms with Crippen LogP contribution < -0.4 is 10.6 Å². The van der Waals surface area contributed by atoms with E-state index in [0.717, 1.165) is 12.2 Å². The zero-order valence-electron chi connectivity index (χ0n) is 11.2. The number of amides is 1. The quantitative estimate of drug-likeness (QED) is 0.911. The molecular weight excluding hydrogens is 244 g/mol. The third-order valence-corrected chi connectivity index (χ3v) is 4.56. The fraction of sp³-hybridized carbons (Fsp3) is 0.500. The van der Waals surface area contributed by atoms with E-state index in [1.807, 2.05) is 11.8 Å². The molecule has 1 aromatic carbocycles. The Hall–Kier alpha value is -1.00. The number of carbonyl (C=O) groups excluding carboxylic acids is 1. The number of hydrogen-bond donors (Lipinski definition) is 1. The fourth-order valence-corrected chi connectivity index (χ4v) is 3.00. The molecule has 0 unspecified atom stereocenters. The number of hydrogen-bond acceptors (Lipinski definition) is 3. The number of nitrogens with zero attached hydrogens (tertiary/aromatic N) is 1. The zero-order chi connectivity index (χ0) is 13.3. The minimum absolute atomic E-state index is 0.0559. The summed E-state index contributed by atoms with van der Waals surface area (Å²) < 4.78 is 0. The Labute approximate surface area is 113 Å². The Morgan fingerprint density at radius 2 is 2.17 bits per heavy atom. The maximum atomic E-state index is 11.9. The fourth-order valence-electron chi connectivity index (χ4n) is 2.09. The molecule has 2 rings (SSSR count). The molecule has 1 aromatic rings. The van der Waals surface area contributed by atoms with Crippen molar-refractivity contribution in [1.29, 1.82) is 0 Å². The summed E-state index contributed by atoms with van der Waals surface area (Å²) >= 11 is 1.62. The Kier molecular flexibility index (Phi) is 3.69. The third-order valence-electron chi connectivity index (χ3n) is 3.51. The van der Waals surface area contributed by atoms with Crippen LogP contribution in [-0.4, -0.2) is 24.7 Å². The molecule has 0 saturated carbocycles. The predicted molar refractivity (Wildman–Crippen MR) is 77.3 cm³/mol. The summed E-state index contributed by atoms with van der Waals surface area (Å²) in [5, 5.41) is 0. The molecule has 1 aliphatic rings. The summed E-state index contributed by atoms with van der Waals surface area (Å²) in [5.41, 5.74) is 8.00. The van der Waals surface area contributed by atoms with Crippen LogP contribution in [0.5, 0.6) is 0 Å². The molecule has 2 N–H and O–H groups in total. The zero-order valence-corrected chi connectivity index (χ0v) is 12.0. The summed E-state index contributed by atoms with van der Waals surface area (Å²) in [4.78, 5) is 14.9. The molecule has 0 aromatic heterocycles. The van der Waals surface area contributed by atoms with Crippen LogP contribution in [0, 0.1) is 0 Å². The van der Waals surface area contributed by atoms with Crippen molar-refractivity contribution < 1.29 is 4.79 Å². The molecule has 4 heteroatoms. The molecule has 0 aliphatic carbocycles. The van der Waals surface area contributed by atoms with E-state index in [2.05, 4.69) is 32.0 Å². The minimum atomic E-state index is -0.0559. The van der Waals surface area contributed by atoms with E-state index in [4.69, 9.17) is 5.73 Å². The topological polar surface area (TPSA) is 46.3 Å². The molecule has 0 fully saturated rings. The van der Waals surface area contributed by atoms with Gasteiger partial charge in [0, 0.05) is 23.4 Å². The molecule has 0 spiro atoms. The van der Waals surface area contributed by atoms with Gasteiger partial charge in [0.15, 0.2) is 0 Å². The van der Waals surface area contributed by atoms with Gasteiger partial charge in [-0.05, 0) is 24.6 Å². The van der Waals surface area contributed by atoms with Crippen molar-refractivity contribution >= 4 is 23.4 Å². The largest absolute Gasteiger partial charge is 0.330 e. The predicted octanol–water partition coefficient (Wildman–Crippen LogP) is 2.38. The lowest BCUT2D eigenvalue weighted by Gasteiger charge is -2.31. The highest BCUT2D eigenvalue weighted by atomic mass is 32.2. The summed E-state index contributed by atoms with van der Waals surface area (Å²) in [6, 6.07) is 6.36. The number of thioether (sulfide) groups is 1. The Bertz CT molecular complexity index is 471. The second-order valence-corrected chi connectivity index (χ2v) is 6.21. The number of fused-ring (bicyclic) bond motifs is 1. The van der Waals surface area contributed by atoms with Gasteiger partial charge in [0.05, 0.1) is 11.4 Å². The highest BCUT2D eigenvalue weighted by molar-refractivity contribution is 8.00. The molecule has 1 heterocycles. The van der Waals surface area contributed by atoms with Gasteiger partial charge in [-0.3, -0.25) is 4.79 Å². The van der Waals surface area contributed by atoms with Gasteiger partial charge < -0.3 is 10.6 Å². The van der Waals surface area contributed by atoms with Gasteiger partial charge in [0.1, 0.15) is 0 Å². The first-order valence-electron chi connectivity index (χ1n) is 6.27. The van der Waals surface area contributed by atoms with Crippen LogP contribution in [0.15, 0.2) is 23.1 Å². The van der Waals surface area contributed by atoms with E-state index in [-0.39, 0.29) is 11.3 Å². The molecule has 1 amide bonds. The van der Waals surface area contributed by atoms with Crippen LogP contribution in [0.3, 0.4) is 0 Å². The lowest BCUT2D eigenvalue weighted by molar-refractivity contribution is -0.116. The molecule has 1 aliphatic heterocycles. The number of benzene rings is 1. The van der Waals surface area contributed by atoms with Gasteiger partial charge in [0.25, 0.3) is 0 Å². The monoisotopic (exact) mass is 264 g/mol. The van der Waals surface area contributed by atoms with Crippen LogP contribution in [0.1, 0.15) is 26.3 Å². The van der Waals surface area contributed by atoms with Crippen molar-refractivity contribution in [1.82, 2.24) is 0 Å². The van der Waals surface area contributed by atoms with Gasteiger partial charge in [-0.2, -0.15) is 0 Å². The molecule has 0 bridgehead atoms. The Balaban J connectivity index is 2.47. The summed E-state index contributed by atoms with van der Waals surface area (Å²) in [6.07, 6.45) is 0. The minimum Gasteiger partial charge on any atom is -0.330 e. The standard InChI is InChI=1S/C14H20N2OS/c1-4-16-11-7-10(14(2,3)9-15)5-6-12(11)18-8-13(16)17/h5-7H,4,8-9,15H2,1-3H3. The van der Waals surface area contributed by atoms with Crippen molar-refractivity contribution in [2.75, 3.05) is 23.7 Å². The maximum absolute atomic E-state index is 11.9. The van der Waals surface area contributed by atoms with E-state index >= 15 is 0 Å². The first-order valence-corrected chi connectivity index (χ1v) is 7.26. The molecule has 98 valence electrons. The van der Waals surface area contributed by atoms with Gasteiger partial charge in [-0.1, -0.05) is 19.9 Å². The van der Waals surface area contributed by atoms with E-state index < -0.39 is 0 Å². The number of anilines is 1. The van der Waals surface area contributed by atoms with Crippen LogP contribution in [-0.2, 0) is 10.2 Å². The lowest BCUT2D eigenvalue weighted by atomic mass is 9.84. The number of rotatable bonds is 3. The second kappa shape index (κ2) is 4.94. The van der Waals surface area contributed by atoms with Crippen LogP contribution in [0.25, 0.3) is 0 Å². The van der Waals surface area contributed by atoms with Gasteiger partial charge in [-0.15, -0.1) is 11.8 Å². The molecule has 18 heavy (non-hydrogen) atoms. The summed E-state index contributed by atoms with van der Waals surface area (Å²) in [5.74, 6) is 0.734. The van der Waals surface area contributed by atoms with E-state index in [9.17, 15) is 4.79 Å². The van der Waals surface area contributed by atoms with E-state index in [0.29, 0.717) is 12.3 Å². The molecular formula is C14H20N2OS. The van der Waals surface area contributed by atoms with Gasteiger partial charge >= 0.3 is 0 Å². The highest BCUT2D eigenvalue weighted by Gasteiger charge is 2.26. The van der Waals surface area contributed by atoms with Crippen LogP contribution in [0.4, 0.5) is 5.69 Å². The number of carbonyl (C=O) groups is 1. The Morgan fingerprint density at radius 3 is 2.78 bits per heavy atom. The molecule has 0 saturated heterocycles. The molecule has 3 nitrogen and oxygen atoms in total. The average molecular weight is 264 g/mol. The smallest absolute Gasteiger partial charge is 0.237 e. The first kappa shape index (κ1) is 13.4. The third kappa shape index (κ3) is 2.27. The van der Waals surface area contributed by atoms with E-state index in [1.165, 1.54) is 10.5 Å². The summed E-state index contributed by atoms with van der Waals surface area (Å²) in [6.45, 7) is 7.59. The second-order valence-electron chi connectivity index (χ2n) is 5.20. The normalized spacial score (nSPS) is 15.8. The first-order chi connectivity index (χ1) is 8.49. The van der Waals surface area contributed by atoms with Gasteiger partial charge in [-0.25, -0.2) is 0 Å². The maximum Gasteiger partial charge on any atom is 0.237 e. The van der Waals surface area contributed by atoms with Crippen molar-refractivity contribution in [2.45, 2.75) is 31.1 Å². The molecule has 0 radical (unpaired) electrons. The molecule has 0 atom stereocenters. The number of nitrogens with two attached hydrogens (primary N) is 1. The van der Waals surface area contributed by atoms with Gasteiger partial charge in [0.2, 0.25) is 5.91 Å². The average Bonchev–Trinajstić information content (AvgIpc) is 2.38. The van der Waals surface area contributed by atoms with Crippen molar-refractivity contribution in [3.05, 3.63) is 23.8 Å². The summed E-state index contributed by atoms with van der Waals surface area (Å²) in [7, 11) is 0.